The predicted molar refractivity (Wildman–Crippen MR) is 91.1 cm³/mol. The van der Waals surface area contributed by atoms with Crippen molar-refractivity contribution in [1.29, 1.82) is 0 Å². The normalized spacial score (nSPS) is 15.4. The highest BCUT2D eigenvalue weighted by Gasteiger charge is 2.20. The van der Waals surface area contributed by atoms with Crippen molar-refractivity contribution in [3.05, 3.63) is 45.2 Å². The van der Waals surface area contributed by atoms with E-state index in [9.17, 15) is 8.42 Å². The van der Waals surface area contributed by atoms with Gasteiger partial charge in [0.2, 0.25) is 10.0 Å². The van der Waals surface area contributed by atoms with Gasteiger partial charge in [0, 0.05) is 12.5 Å². The minimum atomic E-state index is -3.46. The number of nitrogens with one attached hydrogen (secondary N) is 1. The second-order valence-electron chi connectivity index (χ2n) is 5.33. The fraction of sp³-hybridized carbons (Fsp3) is 0.333. The van der Waals surface area contributed by atoms with Gasteiger partial charge in [-0.3, -0.25) is 0 Å². The summed E-state index contributed by atoms with van der Waals surface area (Å²) in [5, 5.41) is 0. The van der Waals surface area contributed by atoms with Crippen LogP contribution in [0.3, 0.4) is 0 Å². The van der Waals surface area contributed by atoms with E-state index in [0.717, 1.165) is 28.1 Å². The quantitative estimate of drug-likeness (QED) is 0.835. The molecule has 2 heterocycles. The largest absolute Gasteiger partial charge is 0.493 e. The van der Waals surface area contributed by atoms with Gasteiger partial charge in [0.05, 0.1) is 10.4 Å². The van der Waals surface area contributed by atoms with E-state index in [-0.39, 0.29) is 6.04 Å². The summed E-state index contributed by atoms with van der Waals surface area (Å²) < 4.78 is 33.9. The molecule has 2 aromatic rings. The van der Waals surface area contributed by atoms with Crippen LogP contribution in [0.25, 0.3) is 0 Å². The van der Waals surface area contributed by atoms with Crippen LogP contribution in [0.1, 0.15) is 18.1 Å². The molecule has 1 N–H and O–H groups in total. The molecule has 1 aromatic heterocycles. The smallest absolute Gasteiger partial charge is 0.250 e. The highest BCUT2D eigenvalue weighted by molar-refractivity contribution is 9.11. The van der Waals surface area contributed by atoms with Crippen LogP contribution >= 0.6 is 27.3 Å². The number of halogens is 1. The maximum Gasteiger partial charge on any atom is 0.250 e. The molecule has 0 radical (unpaired) electrons. The Balaban J connectivity index is 1.68. The topological polar surface area (TPSA) is 55.4 Å². The van der Waals surface area contributed by atoms with E-state index in [2.05, 4.69) is 26.7 Å². The van der Waals surface area contributed by atoms with Crippen molar-refractivity contribution in [3.8, 4) is 5.75 Å². The Kier molecular flexibility index (Phi) is 4.59. The third-order valence-electron chi connectivity index (χ3n) is 3.47. The summed E-state index contributed by atoms with van der Waals surface area (Å²) in [7, 11) is -3.46. The molecule has 1 atom stereocenters. The molecule has 0 saturated carbocycles. The Bertz CT molecular complexity index is 786. The van der Waals surface area contributed by atoms with E-state index in [1.807, 2.05) is 19.1 Å². The average molecular weight is 402 g/mol. The molecule has 0 spiro atoms. The van der Waals surface area contributed by atoms with E-state index in [0.29, 0.717) is 10.6 Å². The molecule has 0 bridgehead atoms. The molecule has 1 aliphatic heterocycles. The van der Waals surface area contributed by atoms with Gasteiger partial charge >= 0.3 is 0 Å². The molecule has 3 rings (SSSR count). The Labute approximate surface area is 142 Å². The maximum atomic E-state index is 12.3. The number of sulfonamides is 1. The van der Waals surface area contributed by atoms with Gasteiger partial charge in [-0.2, -0.15) is 0 Å². The third-order valence-corrected chi connectivity index (χ3v) is 7.17. The van der Waals surface area contributed by atoms with Crippen LogP contribution in [0.15, 0.2) is 38.3 Å². The first kappa shape index (κ1) is 16.0. The summed E-state index contributed by atoms with van der Waals surface area (Å²) in [4.78, 5) is 0. The first-order chi connectivity index (χ1) is 10.4. The summed E-state index contributed by atoms with van der Waals surface area (Å²) in [5.41, 5.74) is 2.32. The van der Waals surface area contributed by atoms with Crippen LogP contribution in [0, 0.1) is 0 Å². The number of benzene rings is 1. The molecule has 7 heteroatoms. The van der Waals surface area contributed by atoms with E-state index in [4.69, 9.17) is 4.74 Å². The lowest BCUT2D eigenvalue weighted by Crippen LogP contribution is -2.33. The molecule has 0 aliphatic carbocycles. The van der Waals surface area contributed by atoms with Crippen molar-refractivity contribution in [2.75, 3.05) is 6.61 Å². The lowest BCUT2D eigenvalue weighted by molar-refractivity contribution is 0.357. The molecule has 0 unspecified atom stereocenters. The summed E-state index contributed by atoms with van der Waals surface area (Å²) in [5.74, 6) is 0.945. The molecular formula is C15H16BrNO3S2. The molecule has 4 nitrogen and oxygen atoms in total. The molecule has 118 valence electrons. The molecule has 22 heavy (non-hydrogen) atoms. The second kappa shape index (κ2) is 6.31. The molecule has 0 amide bonds. The Morgan fingerprint density at radius 1 is 1.36 bits per heavy atom. The van der Waals surface area contributed by atoms with Gasteiger partial charge < -0.3 is 4.74 Å². The van der Waals surface area contributed by atoms with Gasteiger partial charge in [0.1, 0.15) is 9.96 Å². The van der Waals surface area contributed by atoms with Crippen LogP contribution in [0.2, 0.25) is 0 Å². The predicted octanol–water partition coefficient (Wildman–Crippen LogP) is 3.36. The van der Waals surface area contributed by atoms with Crippen molar-refractivity contribution in [1.82, 2.24) is 4.72 Å². The van der Waals surface area contributed by atoms with Gasteiger partial charge in [0.25, 0.3) is 0 Å². The summed E-state index contributed by atoms with van der Waals surface area (Å²) in [6.45, 7) is 2.61. The van der Waals surface area contributed by atoms with E-state index in [1.165, 1.54) is 16.9 Å². The number of ether oxygens (including phenoxy) is 1. The van der Waals surface area contributed by atoms with Gasteiger partial charge in [-0.25, -0.2) is 13.1 Å². The maximum absolute atomic E-state index is 12.3. The standard InChI is InChI=1S/C15H16BrNO3S2/c1-10(17-22(18,19)15-5-4-14(16)21-15)8-11-2-3-13-12(9-11)6-7-20-13/h2-5,9-10,17H,6-8H2,1H3/t10-/m1/s1. The molecule has 1 aromatic carbocycles. The Morgan fingerprint density at radius 3 is 2.91 bits per heavy atom. The minimum Gasteiger partial charge on any atom is -0.493 e. The SMILES string of the molecule is C[C@H](Cc1ccc2c(c1)CCO2)NS(=O)(=O)c1ccc(Br)s1. The van der Waals surface area contributed by atoms with Gasteiger partial charge in [-0.15, -0.1) is 11.3 Å². The summed E-state index contributed by atoms with van der Waals surface area (Å²) in [6, 6.07) is 9.24. The van der Waals surface area contributed by atoms with Crippen LogP contribution in [-0.2, 0) is 22.9 Å². The first-order valence-corrected chi connectivity index (χ1v) is 10.1. The van der Waals surface area contributed by atoms with Gasteiger partial charge in [-0.05, 0) is 58.6 Å². The summed E-state index contributed by atoms with van der Waals surface area (Å²) >= 11 is 4.50. The zero-order valence-corrected chi connectivity index (χ0v) is 15.2. The minimum absolute atomic E-state index is 0.175. The number of hydrogen-bond donors (Lipinski definition) is 1. The molecule has 0 saturated heterocycles. The Morgan fingerprint density at radius 2 is 2.18 bits per heavy atom. The van der Waals surface area contributed by atoms with Crippen molar-refractivity contribution >= 4 is 37.3 Å². The van der Waals surface area contributed by atoms with E-state index < -0.39 is 10.0 Å². The zero-order valence-electron chi connectivity index (χ0n) is 12.0. The van der Waals surface area contributed by atoms with Crippen molar-refractivity contribution in [3.63, 3.8) is 0 Å². The number of rotatable bonds is 5. The lowest BCUT2D eigenvalue weighted by atomic mass is 10.0. The molecular weight excluding hydrogens is 386 g/mol. The first-order valence-electron chi connectivity index (χ1n) is 6.96. The van der Waals surface area contributed by atoms with Crippen LogP contribution < -0.4 is 9.46 Å². The van der Waals surface area contributed by atoms with Gasteiger partial charge in [0.15, 0.2) is 0 Å². The second-order valence-corrected chi connectivity index (χ2v) is 9.73. The van der Waals surface area contributed by atoms with Gasteiger partial charge in [-0.1, -0.05) is 12.1 Å². The van der Waals surface area contributed by atoms with Crippen molar-refractivity contribution in [2.45, 2.75) is 30.0 Å². The lowest BCUT2D eigenvalue weighted by Gasteiger charge is -2.14. The molecule has 1 aliphatic rings. The third kappa shape index (κ3) is 3.53. The number of thiophene rings is 1. The van der Waals surface area contributed by atoms with E-state index in [1.54, 1.807) is 12.1 Å². The molecule has 0 fully saturated rings. The van der Waals surface area contributed by atoms with Crippen molar-refractivity contribution < 1.29 is 13.2 Å². The zero-order chi connectivity index (χ0) is 15.7. The highest BCUT2D eigenvalue weighted by atomic mass is 79.9. The van der Waals surface area contributed by atoms with Crippen LogP contribution in [0.5, 0.6) is 5.75 Å². The number of hydrogen-bond acceptors (Lipinski definition) is 4. The summed E-state index contributed by atoms with van der Waals surface area (Å²) in [6.07, 6.45) is 1.57. The fourth-order valence-electron chi connectivity index (χ4n) is 2.53. The monoisotopic (exact) mass is 401 g/mol. The van der Waals surface area contributed by atoms with Crippen LogP contribution in [0.4, 0.5) is 0 Å². The average Bonchev–Trinajstić information content (AvgIpc) is 3.06. The Hall–Kier alpha value is -0.890. The van der Waals surface area contributed by atoms with E-state index >= 15 is 0 Å². The van der Waals surface area contributed by atoms with Crippen molar-refractivity contribution in [2.24, 2.45) is 0 Å². The fourth-order valence-corrected chi connectivity index (χ4v) is 5.80. The van der Waals surface area contributed by atoms with Crippen LogP contribution in [-0.4, -0.2) is 21.1 Å². The number of fused-ring (bicyclic) bond motifs is 1. The highest BCUT2D eigenvalue weighted by Crippen LogP contribution is 2.27.